The van der Waals surface area contributed by atoms with E-state index in [1.54, 1.807) is 12.1 Å². The van der Waals surface area contributed by atoms with Crippen molar-refractivity contribution in [2.24, 2.45) is 0 Å². The van der Waals surface area contributed by atoms with Crippen molar-refractivity contribution in [2.75, 3.05) is 6.61 Å². The zero-order valence-electron chi connectivity index (χ0n) is 10.4. The smallest absolute Gasteiger partial charge is 0.174 e. The van der Waals surface area contributed by atoms with E-state index < -0.39 is 0 Å². The van der Waals surface area contributed by atoms with Gasteiger partial charge in [0, 0.05) is 17.0 Å². The lowest BCUT2D eigenvalue weighted by Crippen LogP contribution is -2.14. The highest BCUT2D eigenvalue weighted by Gasteiger charge is 2.09. The second-order valence-electron chi connectivity index (χ2n) is 4.19. The number of hydrogen-bond acceptors (Lipinski definition) is 2. The first-order chi connectivity index (χ1) is 9.56. The standard InChI is InChI=1S/C15H11BrCl2O2/c16-12-7-14(18)15(8-13(12)17)20-9-11(19)6-10-4-2-1-3-5-10/h1-5,7-8H,6,9H2. The van der Waals surface area contributed by atoms with E-state index in [0.717, 1.165) is 5.56 Å². The van der Waals surface area contributed by atoms with Gasteiger partial charge in [-0.2, -0.15) is 0 Å². The molecule has 0 amide bonds. The Morgan fingerprint density at radius 2 is 1.80 bits per heavy atom. The van der Waals surface area contributed by atoms with Crippen molar-refractivity contribution in [1.82, 2.24) is 0 Å². The molecule has 5 heteroatoms. The molecule has 0 saturated carbocycles. The molecule has 2 nitrogen and oxygen atoms in total. The average Bonchev–Trinajstić information content (AvgIpc) is 2.42. The SMILES string of the molecule is O=C(COc1cc(Cl)c(Br)cc1Cl)Cc1ccccc1. The number of hydrogen-bond donors (Lipinski definition) is 0. The molecule has 0 heterocycles. The maximum atomic E-state index is 11.8. The van der Waals surface area contributed by atoms with Gasteiger partial charge in [-0.15, -0.1) is 0 Å². The Morgan fingerprint density at radius 3 is 2.50 bits per heavy atom. The zero-order chi connectivity index (χ0) is 14.5. The molecule has 0 aliphatic heterocycles. The predicted octanol–water partition coefficient (Wildman–Crippen LogP) is 4.95. The van der Waals surface area contributed by atoms with E-state index in [4.69, 9.17) is 27.9 Å². The number of benzene rings is 2. The van der Waals surface area contributed by atoms with Crippen LogP contribution in [-0.4, -0.2) is 12.4 Å². The van der Waals surface area contributed by atoms with Gasteiger partial charge in [0.05, 0.1) is 10.0 Å². The van der Waals surface area contributed by atoms with Gasteiger partial charge < -0.3 is 4.74 Å². The summed E-state index contributed by atoms with van der Waals surface area (Å²) in [6.07, 6.45) is 0.336. The van der Waals surface area contributed by atoms with E-state index in [2.05, 4.69) is 15.9 Å². The number of halogens is 3. The van der Waals surface area contributed by atoms with Gasteiger partial charge in [0.1, 0.15) is 12.4 Å². The van der Waals surface area contributed by atoms with E-state index in [0.29, 0.717) is 26.7 Å². The summed E-state index contributed by atoms with van der Waals surface area (Å²) in [6, 6.07) is 12.7. The second kappa shape index (κ2) is 7.11. The maximum absolute atomic E-state index is 11.8. The topological polar surface area (TPSA) is 26.3 Å². The summed E-state index contributed by atoms with van der Waals surface area (Å²) in [5, 5.41) is 0.897. The molecule has 0 aliphatic rings. The fraction of sp³-hybridized carbons (Fsp3) is 0.133. The van der Waals surface area contributed by atoms with Crippen LogP contribution in [0.25, 0.3) is 0 Å². The fourth-order valence-electron chi connectivity index (χ4n) is 1.65. The van der Waals surface area contributed by atoms with Gasteiger partial charge in [0.2, 0.25) is 0 Å². The molecule has 0 saturated heterocycles. The van der Waals surface area contributed by atoms with Gasteiger partial charge in [0.25, 0.3) is 0 Å². The van der Waals surface area contributed by atoms with Crippen LogP contribution in [0.3, 0.4) is 0 Å². The molecule has 0 atom stereocenters. The first-order valence-electron chi connectivity index (χ1n) is 5.89. The first-order valence-corrected chi connectivity index (χ1v) is 7.44. The van der Waals surface area contributed by atoms with Crippen LogP contribution < -0.4 is 4.74 Å². The van der Waals surface area contributed by atoms with E-state index in [1.807, 2.05) is 30.3 Å². The highest BCUT2D eigenvalue weighted by Crippen LogP contribution is 2.34. The third-order valence-corrected chi connectivity index (χ3v) is 4.10. The Kier molecular flexibility index (Phi) is 5.46. The highest BCUT2D eigenvalue weighted by molar-refractivity contribution is 9.10. The molecule has 104 valence electrons. The van der Waals surface area contributed by atoms with Gasteiger partial charge in [0.15, 0.2) is 5.78 Å². The number of ketones is 1. The molecule has 0 unspecified atom stereocenters. The van der Waals surface area contributed by atoms with Crippen LogP contribution in [0.5, 0.6) is 5.75 Å². The molecule has 0 fully saturated rings. The van der Waals surface area contributed by atoms with Crippen molar-refractivity contribution < 1.29 is 9.53 Å². The van der Waals surface area contributed by atoms with Crippen molar-refractivity contribution in [3.63, 3.8) is 0 Å². The Labute approximate surface area is 135 Å². The molecule has 2 rings (SSSR count). The van der Waals surface area contributed by atoms with E-state index >= 15 is 0 Å². The van der Waals surface area contributed by atoms with Gasteiger partial charge in [-0.3, -0.25) is 4.79 Å². The predicted molar refractivity (Wildman–Crippen MR) is 84.8 cm³/mol. The minimum Gasteiger partial charge on any atom is -0.484 e. The van der Waals surface area contributed by atoms with Crippen LogP contribution >= 0.6 is 39.1 Å². The van der Waals surface area contributed by atoms with Crippen molar-refractivity contribution in [3.05, 3.63) is 62.5 Å². The quantitative estimate of drug-likeness (QED) is 0.693. The Bertz CT molecular complexity index is 615. The monoisotopic (exact) mass is 372 g/mol. The van der Waals surface area contributed by atoms with Crippen LogP contribution in [0, 0.1) is 0 Å². The minimum absolute atomic E-state index is 0.0219. The molecule has 2 aromatic carbocycles. The number of carbonyl (C=O) groups excluding carboxylic acids is 1. The molecular formula is C15H11BrCl2O2. The molecular weight excluding hydrogens is 363 g/mol. The lowest BCUT2D eigenvalue weighted by molar-refractivity contribution is -0.120. The Balaban J connectivity index is 1.95. The van der Waals surface area contributed by atoms with Crippen molar-refractivity contribution in [2.45, 2.75) is 6.42 Å². The lowest BCUT2D eigenvalue weighted by Gasteiger charge is -2.09. The summed E-state index contributed by atoms with van der Waals surface area (Å²) >= 11 is 15.2. The largest absolute Gasteiger partial charge is 0.484 e. The van der Waals surface area contributed by atoms with Crippen molar-refractivity contribution >= 4 is 44.9 Å². The van der Waals surface area contributed by atoms with Crippen LogP contribution in [0.4, 0.5) is 0 Å². The summed E-state index contributed by atoms with van der Waals surface area (Å²) in [5.74, 6) is 0.382. The molecule has 0 radical (unpaired) electrons. The summed E-state index contributed by atoms with van der Waals surface area (Å²) < 4.78 is 6.11. The van der Waals surface area contributed by atoms with Crippen molar-refractivity contribution in [1.29, 1.82) is 0 Å². The van der Waals surface area contributed by atoms with Gasteiger partial charge in [-0.25, -0.2) is 0 Å². The van der Waals surface area contributed by atoms with Crippen molar-refractivity contribution in [3.8, 4) is 5.75 Å². The third-order valence-electron chi connectivity index (χ3n) is 2.61. The van der Waals surface area contributed by atoms with Gasteiger partial charge in [-0.1, -0.05) is 53.5 Å². The second-order valence-corrected chi connectivity index (χ2v) is 5.86. The minimum atomic E-state index is -0.0351. The molecule has 0 bridgehead atoms. The van der Waals surface area contributed by atoms with Gasteiger partial charge >= 0.3 is 0 Å². The molecule has 0 N–H and O–H groups in total. The van der Waals surface area contributed by atoms with Crippen LogP contribution in [-0.2, 0) is 11.2 Å². The summed E-state index contributed by atoms with van der Waals surface area (Å²) in [7, 11) is 0. The van der Waals surface area contributed by atoms with Crippen LogP contribution in [0.15, 0.2) is 46.9 Å². The number of carbonyl (C=O) groups is 1. The maximum Gasteiger partial charge on any atom is 0.174 e. The number of Topliss-reactive ketones (excluding diaryl/α,β-unsaturated/α-hetero) is 1. The summed E-state index contributed by atoms with van der Waals surface area (Å²) in [4.78, 5) is 11.8. The third kappa shape index (κ3) is 4.23. The van der Waals surface area contributed by atoms with E-state index in [-0.39, 0.29) is 12.4 Å². The van der Waals surface area contributed by atoms with E-state index in [9.17, 15) is 4.79 Å². The number of ether oxygens (including phenoxy) is 1. The Morgan fingerprint density at radius 1 is 1.10 bits per heavy atom. The first kappa shape index (κ1) is 15.4. The molecule has 0 spiro atoms. The molecule has 20 heavy (non-hydrogen) atoms. The Hall–Kier alpha value is -1.03. The van der Waals surface area contributed by atoms with E-state index in [1.165, 1.54) is 0 Å². The molecule has 0 aliphatic carbocycles. The van der Waals surface area contributed by atoms with Crippen LogP contribution in [0.1, 0.15) is 5.56 Å². The highest BCUT2D eigenvalue weighted by atomic mass is 79.9. The zero-order valence-corrected chi connectivity index (χ0v) is 13.5. The normalized spacial score (nSPS) is 10.3. The fourth-order valence-corrected chi connectivity index (χ4v) is 2.49. The van der Waals surface area contributed by atoms with Crippen LogP contribution in [0.2, 0.25) is 10.0 Å². The molecule has 2 aromatic rings. The number of rotatable bonds is 5. The average molecular weight is 374 g/mol. The summed E-state index contributed by atoms with van der Waals surface area (Å²) in [5.41, 5.74) is 0.959. The lowest BCUT2D eigenvalue weighted by atomic mass is 10.1. The molecule has 0 aromatic heterocycles. The van der Waals surface area contributed by atoms with Gasteiger partial charge in [-0.05, 0) is 27.6 Å². The summed E-state index contributed by atoms with van der Waals surface area (Å²) in [6.45, 7) is -0.0351.